The summed E-state index contributed by atoms with van der Waals surface area (Å²) in [6.07, 6.45) is 0. The Morgan fingerprint density at radius 2 is 1.74 bits per heavy atom. The van der Waals surface area contributed by atoms with Crippen molar-refractivity contribution in [2.24, 2.45) is 0 Å². The van der Waals surface area contributed by atoms with Crippen LogP contribution in [0.1, 0.15) is 16.5 Å². The van der Waals surface area contributed by atoms with Gasteiger partial charge < -0.3 is 4.74 Å². The van der Waals surface area contributed by atoms with E-state index in [2.05, 4.69) is 0 Å². The predicted molar refractivity (Wildman–Crippen MR) is 67.0 cm³/mol. The molecule has 1 nitrogen and oxygen atoms in total. The van der Waals surface area contributed by atoms with Crippen LogP contribution in [-0.2, 0) is 0 Å². The van der Waals surface area contributed by atoms with Crippen LogP contribution >= 0.6 is 11.6 Å². The summed E-state index contributed by atoms with van der Waals surface area (Å²) in [6, 6.07) is 7.01. The fourth-order valence-electron chi connectivity index (χ4n) is 1.73. The van der Waals surface area contributed by atoms with E-state index in [9.17, 15) is 13.2 Å². The smallest absolute Gasteiger partial charge is 0.165 e. The number of benzene rings is 2. The number of ether oxygens (including phenoxy) is 1. The van der Waals surface area contributed by atoms with Gasteiger partial charge in [0.2, 0.25) is 0 Å². The van der Waals surface area contributed by atoms with Gasteiger partial charge in [-0.3, -0.25) is 0 Å². The molecule has 0 aliphatic carbocycles. The second kappa shape index (κ2) is 5.53. The van der Waals surface area contributed by atoms with Gasteiger partial charge in [0, 0.05) is 5.56 Å². The summed E-state index contributed by atoms with van der Waals surface area (Å²) >= 11 is 6.06. The van der Waals surface area contributed by atoms with Crippen molar-refractivity contribution >= 4 is 11.6 Å². The van der Waals surface area contributed by atoms with Crippen molar-refractivity contribution in [3.05, 3.63) is 65.0 Å². The lowest BCUT2D eigenvalue weighted by Crippen LogP contribution is -1.99. The van der Waals surface area contributed by atoms with E-state index in [1.165, 1.54) is 19.2 Å². The zero-order chi connectivity index (χ0) is 14.0. The van der Waals surface area contributed by atoms with Crippen molar-refractivity contribution in [2.75, 3.05) is 7.11 Å². The molecule has 0 bridgehead atoms. The van der Waals surface area contributed by atoms with Crippen molar-refractivity contribution in [3.8, 4) is 5.75 Å². The summed E-state index contributed by atoms with van der Waals surface area (Å²) in [5, 5.41) is -0.976. The number of hydrogen-bond acceptors (Lipinski definition) is 1. The van der Waals surface area contributed by atoms with Gasteiger partial charge >= 0.3 is 0 Å². The van der Waals surface area contributed by atoms with Crippen LogP contribution in [0.15, 0.2) is 36.4 Å². The summed E-state index contributed by atoms with van der Waals surface area (Å²) in [6.45, 7) is 0. The summed E-state index contributed by atoms with van der Waals surface area (Å²) in [7, 11) is 1.34. The molecule has 19 heavy (non-hydrogen) atoms. The summed E-state index contributed by atoms with van der Waals surface area (Å²) in [5.41, 5.74) is 0.288. The lowest BCUT2D eigenvalue weighted by molar-refractivity contribution is 0.386. The minimum atomic E-state index is -0.976. The molecule has 1 unspecified atom stereocenters. The Labute approximate surface area is 113 Å². The fraction of sp³-hybridized carbons (Fsp3) is 0.143. The normalized spacial score (nSPS) is 12.3. The number of halogens is 4. The number of hydrogen-bond donors (Lipinski definition) is 0. The van der Waals surface area contributed by atoms with Gasteiger partial charge in [-0.2, -0.15) is 0 Å². The molecule has 0 N–H and O–H groups in total. The Hall–Kier alpha value is -1.68. The van der Waals surface area contributed by atoms with Crippen LogP contribution < -0.4 is 4.74 Å². The highest BCUT2D eigenvalue weighted by atomic mass is 35.5. The van der Waals surface area contributed by atoms with Gasteiger partial charge in [-0.1, -0.05) is 6.07 Å². The second-order valence-corrected chi connectivity index (χ2v) is 4.36. The Bertz CT molecular complexity index is 601. The van der Waals surface area contributed by atoms with Crippen molar-refractivity contribution in [2.45, 2.75) is 5.38 Å². The topological polar surface area (TPSA) is 9.23 Å². The molecule has 2 aromatic rings. The molecule has 0 aromatic heterocycles. The Morgan fingerprint density at radius 3 is 2.37 bits per heavy atom. The molecule has 0 fully saturated rings. The highest BCUT2D eigenvalue weighted by Crippen LogP contribution is 2.33. The highest BCUT2D eigenvalue weighted by Gasteiger charge is 2.17. The number of methoxy groups -OCH3 is 1. The first-order valence-electron chi connectivity index (χ1n) is 5.45. The van der Waals surface area contributed by atoms with E-state index < -0.39 is 22.8 Å². The summed E-state index contributed by atoms with van der Waals surface area (Å²) in [5.74, 6) is -1.79. The average molecular weight is 287 g/mol. The van der Waals surface area contributed by atoms with Crippen LogP contribution in [0.4, 0.5) is 13.2 Å². The maximum atomic E-state index is 13.6. The van der Waals surface area contributed by atoms with E-state index >= 15 is 0 Å². The zero-order valence-corrected chi connectivity index (χ0v) is 10.7. The van der Waals surface area contributed by atoms with Crippen LogP contribution in [0.2, 0.25) is 0 Å². The average Bonchev–Trinajstić information content (AvgIpc) is 2.40. The van der Waals surface area contributed by atoms with Crippen LogP contribution in [0.5, 0.6) is 5.75 Å². The van der Waals surface area contributed by atoms with E-state index in [-0.39, 0.29) is 11.3 Å². The maximum absolute atomic E-state index is 13.6. The Balaban J connectivity index is 2.41. The van der Waals surface area contributed by atoms with Crippen LogP contribution in [0.25, 0.3) is 0 Å². The molecule has 0 amide bonds. The lowest BCUT2D eigenvalue weighted by Gasteiger charge is -2.12. The molecule has 0 saturated carbocycles. The van der Waals surface area contributed by atoms with E-state index in [1.807, 2.05) is 0 Å². The van der Waals surface area contributed by atoms with Crippen molar-refractivity contribution in [3.63, 3.8) is 0 Å². The third-order valence-corrected chi connectivity index (χ3v) is 3.19. The lowest BCUT2D eigenvalue weighted by atomic mass is 10.0. The maximum Gasteiger partial charge on any atom is 0.165 e. The molecule has 0 heterocycles. The number of alkyl halides is 1. The van der Waals surface area contributed by atoms with E-state index in [4.69, 9.17) is 16.3 Å². The number of rotatable bonds is 3. The van der Waals surface area contributed by atoms with Gasteiger partial charge in [0.15, 0.2) is 11.6 Å². The molecule has 0 aliphatic rings. The first-order chi connectivity index (χ1) is 9.02. The minimum Gasteiger partial charge on any atom is -0.494 e. The van der Waals surface area contributed by atoms with Gasteiger partial charge in [-0.25, -0.2) is 13.2 Å². The third kappa shape index (κ3) is 2.84. The quantitative estimate of drug-likeness (QED) is 0.758. The molecular weight excluding hydrogens is 277 g/mol. The molecule has 5 heteroatoms. The van der Waals surface area contributed by atoms with E-state index in [0.29, 0.717) is 5.56 Å². The third-order valence-electron chi connectivity index (χ3n) is 2.70. The van der Waals surface area contributed by atoms with Gasteiger partial charge in [0.25, 0.3) is 0 Å². The first kappa shape index (κ1) is 13.7. The molecule has 0 saturated heterocycles. The summed E-state index contributed by atoms with van der Waals surface area (Å²) in [4.78, 5) is 0. The van der Waals surface area contributed by atoms with Crippen molar-refractivity contribution < 1.29 is 17.9 Å². The molecule has 2 rings (SSSR count). The molecule has 0 radical (unpaired) electrons. The van der Waals surface area contributed by atoms with Crippen molar-refractivity contribution in [1.29, 1.82) is 0 Å². The van der Waals surface area contributed by atoms with Gasteiger partial charge in [-0.15, -0.1) is 11.6 Å². The van der Waals surface area contributed by atoms with Crippen LogP contribution in [-0.4, -0.2) is 7.11 Å². The highest BCUT2D eigenvalue weighted by molar-refractivity contribution is 6.22. The SMILES string of the molecule is COc1ccc(C(Cl)c2cc(F)ccc2F)cc1F. The molecule has 0 aliphatic heterocycles. The molecule has 2 aromatic carbocycles. The van der Waals surface area contributed by atoms with Crippen LogP contribution in [0, 0.1) is 17.5 Å². The Morgan fingerprint density at radius 1 is 1.00 bits per heavy atom. The molecule has 0 spiro atoms. The standard InChI is InChI=1S/C14H10ClF3O/c1-19-13-5-2-8(6-12(13)18)14(15)10-7-9(16)3-4-11(10)17/h2-7,14H,1H3. The first-order valence-corrected chi connectivity index (χ1v) is 5.89. The zero-order valence-electron chi connectivity index (χ0n) is 9.96. The molecular formula is C14H10ClF3O. The molecule has 100 valence electrons. The van der Waals surface area contributed by atoms with Gasteiger partial charge in [0.05, 0.1) is 12.5 Å². The fourth-order valence-corrected chi connectivity index (χ4v) is 2.03. The molecule has 1 atom stereocenters. The predicted octanol–water partition coefficient (Wildman–Crippen LogP) is 4.44. The van der Waals surface area contributed by atoms with Gasteiger partial charge in [0.1, 0.15) is 11.6 Å². The van der Waals surface area contributed by atoms with Crippen molar-refractivity contribution in [1.82, 2.24) is 0 Å². The van der Waals surface area contributed by atoms with Gasteiger partial charge in [-0.05, 0) is 35.9 Å². The monoisotopic (exact) mass is 286 g/mol. The minimum absolute atomic E-state index is 0.0359. The van der Waals surface area contributed by atoms with E-state index in [1.54, 1.807) is 0 Å². The largest absolute Gasteiger partial charge is 0.494 e. The van der Waals surface area contributed by atoms with E-state index in [0.717, 1.165) is 24.3 Å². The second-order valence-electron chi connectivity index (χ2n) is 3.92. The van der Waals surface area contributed by atoms with Crippen LogP contribution in [0.3, 0.4) is 0 Å². The summed E-state index contributed by atoms with van der Waals surface area (Å²) < 4.78 is 45.0. The Kier molecular flexibility index (Phi) is 4.00.